The number of anilines is 1. The van der Waals surface area contributed by atoms with Crippen LogP contribution in [0.5, 0.6) is 11.5 Å². The first-order chi connectivity index (χ1) is 22.3. The Morgan fingerprint density at radius 3 is 2.11 bits per heavy atom. The predicted molar refractivity (Wildman–Crippen MR) is 173 cm³/mol. The molecule has 1 atom stereocenters. The number of halogens is 2. The molecule has 0 spiro atoms. The van der Waals surface area contributed by atoms with Crippen molar-refractivity contribution in [2.75, 3.05) is 26.5 Å². The molecule has 6 N–H and O–H groups in total. The van der Waals surface area contributed by atoms with Crippen molar-refractivity contribution in [3.63, 3.8) is 0 Å². The van der Waals surface area contributed by atoms with Gasteiger partial charge in [-0.2, -0.15) is 0 Å². The highest BCUT2D eigenvalue weighted by Gasteiger charge is 2.54. The highest BCUT2D eigenvalue weighted by molar-refractivity contribution is 6.36. The lowest BCUT2D eigenvalue weighted by Gasteiger charge is -2.44. The third kappa shape index (κ3) is 5.62. The molecule has 0 radical (unpaired) electrons. The molecule has 4 aromatic rings. The van der Waals surface area contributed by atoms with Crippen molar-refractivity contribution in [3.05, 3.63) is 101 Å². The highest BCUT2D eigenvalue weighted by atomic mass is 19.1. The van der Waals surface area contributed by atoms with Gasteiger partial charge in [0.05, 0.1) is 19.8 Å². The average Bonchev–Trinajstić information content (AvgIpc) is 3.04. The topological polar surface area (TPSA) is 164 Å². The Hall–Kier alpha value is -5.78. The van der Waals surface area contributed by atoms with Crippen molar-refractivity contribution in [3.8, 4) is 33.8 Å². The van der Waals surface area contributed by atoms with Crippen LogP contribution < -0.4 is 26.7 Å². The number of allylic oxidation sites excluding steroid dienone is 1. The average molecular weight is 642 g/mol. The number of nitrogen functional groups attached to an aromatic ring is 1. The molecule has 1 unspecified atom stereocenters. The summed E-state index contributed by atoms with van der Waals surface area (Å²) in [5.41, 5.74) is 17.1. The van der Waals surface area contributed by atoms with Gasteiger partial charge >= 0.3 is 0 Å². The molecule has 0 saturated carbocycles. The second-order valence-corrected chi connectivity index (χ2v) is 11.3. The second kappa shape index (κ2) is 12.5. The summed E-state index contributed by atoms with van der Waals surface area (Å²) in [6.07, 6.45) is 1.54. The maximum Gasteiger partial charge on any atom is 0.265 e. The summed E-state index contributed by atoms with van der Waals surface area (Å²) >= 11 is 0. The fourth-order valence-electron chi connectivity index (χ4n) is 5.88. The van der Waals surface area contributed by atoms with E-state index in [0.717, 1.165) is 18.2 Å². The van der Waals surface area contributed by atoms with Crippen molar-refractivity contribution in [1.29, 1.82) is 0 Å². The zero-order valence-electron chi connectivity index (χ0n) is 26.1. The molecule has 0 saturated heterocycles. The summed E-state index contributed by atoms with van der Waals surface area (Å²) in [6, 6.07) is 15.1. The minimum absolute atomic E-state index is 0.0397. The van der Waals surface area contributed by atoms with E-state index in [2.05, 4.69) is 4.98 Å². The first kappa shape index (κ1) is 32.6. The van der Waals surface area contributed by atoms with Crippen LogP contribution in [0.15, 0.2) is 78.6 Å². The third-order valence-electron chi connectivity index (χ3n) is 8.34. The highest BCUT2D eigenvalue weighted by Crippen LogP contribution is 2.43. The van der Waals surface area contributed by atoms with Crippen LogP contribution in [-0.2, 0) is 19.8 Å². The van der Waals surface area contributed by atoms with Crippen molar-refractivity contribution < 1.29 is 32.6 Å². The number of carbonyl (C=O) groups excluding carboxylic acids is 3. The van der Waals surface area contributed by atoms with Crippen molar-refractivity contribution in [1.82, 2.24) is 9.88 Å². The largest absolute Gasteiger partial charge is 0.493 e. The van der Waals surface area contributed by atoms with Gasteiger partial charge in [0.2, 0.25) is 5.91 Å². The molecule has 1 aromatic heterocycles. The zero-order chi connectivity index (χ0) is 34.2. The van der Waals surface area contributed by atoms with Crippen molar-refractivity contribution >= 4 is 29.0 Å². The van der Waals surface area contributed by atoms with Crippen LogP contribution >= 0.6 is 0 Å². The van der Waals surface area contributed by atoms with Gasteiger partial charge in [0.15, 0.2) is 22.7 Å². The van der Waals surface area contributed by atoms with Gasteiger partial charge in [0, 0.05) is 35.5 Å². The van der Waals surface area contributed by atoms with Gasteiger partial charge in [0.1, 0.15) is 23.1 Å². The summed E-state index contributed by atoms with van der Waals surface area (Å²) in [5.74, 6) is -3.21. The van der Waals surface area contributed by atoms with Crippen LogP contribution in [0, 0.1) is 11.6 Å². The SMILES string of the molecule is COc1ccc(-c2cnc(N)c(-c3ccc(C4(C(N)=O)CN(C(C)C)C(C(N)=O)=C(c5ccc(F)cc5)C4=O)cc3F)c2)cc1OC. The standard InChI is InChI=1S/C35H33F2N5O5/c1-18(2)42-17-35(34(40)45,31(43)29(30(42)33(39)44)19-5-9-23(36)10-6-19)22-8-11-24(26(37)15-22)25-13-21(16-41-32(25)38)20-7-12-27(46-3)28(14-20)47-4/h5-16,18H,17H2,1-4H3,(H2,38,41)(H2,39,44)(H2,40,45). The normalized spacial score (nSPS) is 16.4. The van der Waals surface area contributed by atoms with E-state index in [1.165, 1.54) is 49.6 Å². The maximum atomic E-state index is 16.2. The Labute approximate surface area is 269 Å². The molecule has 3 aromatic carbocycles. The monoisotopic (exact) mass is 641 g/mol. The number of hydrogen-bond donors (Lipinski definition) is 3. The van der Waals surface area contributed by atoms with Crippen LogP contribution in [0.1, 0.15) is 25.0 Å². The molecule has 1 aliphatic heterocycles. The van der Waals surface area contributed by atoms with Gasteiger partial charge in [-0.15, -0.1) is 0 Å². The first-order valence-corrected chi connectivity index (χ1v) is 14.5. The summed E-state index contributed by atoms with van der Waals surface area (Å²) in [7, 11) is 3.03. The Morgan fingerprint density at radius 1 is 0.872 bits per heavy atom. The van der Waals surface area contributed by atoms with Crippen molar-refractivity contribution in [2.45, 2.75) is 25.3 Å². The number of methoxy groups -OCH3 is 2. The molecule has 1 aliphatic rings. The number of nitrogens with two attached hydrogens (primary N) is 3. The summed E-state index contributed by atoms with van der Waals surface area (Å²) in [6.45, 7) is 3.08. The quantitative estimate of drug-likeness (QED) is 0.229. The molecular weight excluding hydrogens is 608 g/mol. The number of carbonyl (C=O) groups is 3. The molecule has 5 rings (SSSR count). The molecule has 2 heterocycles. The van der Waals surface area contributed by atoms with Crippen molar-refractivity contribution in [2.24, 2.45) is 11.5 Å². The van der Waals surface area contributed by atoms with E-state index in [1.807, 2.05) is 0 Å². The number of ether oxygens (including phenoxy) is 2. The second-order valence-electron chi connectivity index (χ2n) is 11.3. The minimum atomic E-state index is -2.14. The fraction of sp³-hybridized carbons (Fsp3) is 0.200. The fourth-order valence-corrected chi connectivity index (χ4v) is 5.88. The lowest BCUT2D eigenvalue weighted by molar-refractivity contribution is -0.134. The number of Topliss-reactive ketones (excluding diaryl/α,β-unsaturated/α-hetero) is 1. The lowest BCUT2D eigenvalue weighted by Crippen LogP contribution is -2.60. The Bertz CT molecular complexity index is 1940. The van der Waals surface area contributed by atoms with E-state index >= 15 is 4.39 Å². The number of ketones is 1. The summed E-state index contributed by atoms with van der Waals surface area (Å²) < 4.78 is 40.7. The molecule has 10 nitrogen and oxygen atoms in total. The van der Waals surface area contributed by atoms with E-state index < -0.39 is 40.7 Å². The summed E-state index contributed by atoms with van der Waals surface area (Å²) in [4.78, 5) is 46.3. The van der Waals surface area contributed by atoms with Gasteiger partial charge in [-0.25, -0.2) is 13.8 Å². The van der Waals surface area contributed by atoms with Gasteiger partial charge in [-0.05, 0) is 66.9 Å². The van der Waals surface area contributed by atoms with Gasteiger partial charge in [0.25, 0.3) is 5.91 Å². The van der Waals surface area contributed by atoms with Gasteiger partial charge < -0.3 is 31.6 Å². The van der Waals surface area contributed by atoms with E-state index in [-0.39, 0.29) is 45.9 Å². The van der Waals surface area contributed by atoms with Crippen LogP contribution in [-0.4, -0.2) is 54.3 Å². The number of benzene rings is 3. The molecule has 242 valence electrons. The van der Waals surface area contributed by atoms with E-state index in [1.54, 1.807) is 38.1 Å². The first-order valence-electron chi connectivity index (χ1n) is 14.5. The predicted octanol–water partition coefficient (Wildman–Crippen LogP) is 4.21. The number of rotatable bonds is 9. The number of nitrogens with zero attached hydrogens (tertiary/aromatic N) is 2. The maximum absolute atomic E-state index is 16.2. The number of pyridine rings is 1. The zero-order valence-corrected chi connectivity index (χ0v) is 26.1. The molecular formula is C35H33F2N5O5. The Kier molecular flexibility index (Phi) is 8.70. The van der Waals surface area contributed by atoms with E-state index in [9.17, 15) is 18.8 Å². The smallest absolute Gasteiger partial charge is 0.265 e. The van der Waals surface area contributed by atoms with Crippen LogP contribution in [0.3, 0.4) is 0 Å². The van der Waals surface area contributed by atoms with Crippen LogP contribution in [0.25, 0.3) is 27.8 Å². The molecule has 12 heteroatoms. The lowest BCUT2D eigenvalue weighted by atomic mass is 9.68. The minimum Gasteiger partial charge on any atom is -0.493 e. The molecule has 47 heavy (non-hydrogen) atoms. The molecule has 0 bridgehead atoms. The van der Waals surface area contributed by atoms with Gasteiger partial charge in [-0.3, -0.25) is 14.4 Å². The third-order valence-corrected chi connectivity index (χ3v) is 8.34. The van der Waals surface area contributed by atoms with E-state index in [4.69, 9.17) is 26.7 Å². The Balaban J connectivity index is 1.66. The number of hydrogen-bond acceptors (Lipinski definition) is 8. The summed E-state index contributed by atoms with van der Waals surface area (Å²) in [5, 5.41) is 0. The molecule has 0 aliphatic carbocycles. The van der Waals surface area contributed by atoms with Crippen LogP contribution in [0.4, 0.5) is 14.6 Å². The molecule has 0 fully saturated rings. The Morgan fingerprint density at radius 2 is 1.53 bits per heavy atom. The number of amides is 2. The van der Waals surface area contributed by atoms with Crippen LogP contribution in [0.2, 0.25) is 0 Å². The number of aromatic nitrogens is 1. The van der Waals surface area contributed by atoms with Gasteiger partial charge in [-0.1, -0.05) is 30.3 Å². The van der Waals surface area contributed by atoms with E-state index in [0.29, 0.717) is 22.6 Å². The molecule has 2 amide bonds. The number of primary amides is 2.